The van der Waals surface area contributed by atoms with Crippen LogP contribution in [-0.4, -0.2) is 44.8 Å². The van der Waals surface area contributed by atoms with E-state index in [9.17, 15) is 4.79 Å². The van der Waals surface area contributed by atoms with Gasteiger partial charge in [-0.25, -0.2) is 4.79 Å². The van der Waals surface area contributed by atoms with E-state index in [4.69, 9.17) is 18.9 Å². The van der Waals surface area contributed by atoms with Gasteiger partial charge in [-0.3, -0.25) is 0 Å². The molecule has 0 N–H and O–H groups in total. The lowest BCUT2D eigenvalue weighted by molar-refractivity contribution is -0.0581. The van der Waals surface area contributed by atoms with Crippen molar-refractivity contribution in [2.75, 3.05) is 26.4 Å². The smallest absolute Gasteiger partial charge is 0.434 e. The van der Waals surface area contributed by atoms with Gasteiger partial charge in [0.05, 0.1) is 25.4 Å². The maximum Gasteiger partial charge on any atom is 0.508 e. The van der Waals surface area contributed by atoms with Gasteiger partial charge in [0, 0.05) is 6.61 Å². The number of hydrogen-bond donors (Lipinski definition) is 0. The van der Waals surface area contributed by atoms with E-state index in [-0.39, 0.29) is 18.8 Å². The van der Waals surface area contributed by atoms with E-state index < -0.39 is 6.16 Å². The van der Waals surface area contributed by atoms with Crippen LogP contribution in [0.2, 0.25) is 0 Å². The number of carbonyl (C=O) groups excluding carboxylic acids is 1. The maximum absolute atomic E-state index is 11.2. The van der Waals surface area contributed by atoms with Crippen LogP contribution in [0.1, 0.15) is 47.0 Å². The molecule has 2 atom stereocenters. The summed E-state index contributed by atoms with van der Waals surface area (Å²) in [7, 11) is 0. The first-order chi connectivity index (χ1) is 9.13. The Labute approximate surface area is 116 Å². The molecule has 0 rings (SSSR count). The molecule has 5 heteroatoms. The van der Waals surface area contributed by atoms with Crippen LogP contribution in [0, 0.1) is 0 Å². The summed E-state index contributed by atoms with van der Waals surface area (Å²) in [5, 5.41) is 0. The van der Waals surface area contributed by atoms with Crippen LogP contribution in [0.5, 0.6) is 0 Å². The van der Waals surface area contributed by atoms with Crippen LogP contribution < -0.4 is 0 Å². The number of rotatable bonds is 11. The third-order valence-corrected chi connectivity index (χ3v) is 2.58. The first-order valence-corrected chi connectivity index (χ1v) is 7.16. The minimum absolute atomic E-state index is 0.101. The van der Waals surface area contributed by atoms with Gasteiger partial charge in [-0.2, -0.15) is 0 Å². The zero-order valence-corrected chi connectivity index (χ0v) is 12.6. The molecule has 0 spiro atoms. The van der Waals surface area contributed by atoms with Crippen molar-refractivity contribution in [3.05, 3.63) is 0 Å². The normalized spacial score (nSPS) is 13.9. The Bertz CT molecular complexity index is 220. The lowest BCUT2D eigenvalue weighted by Gasteiger charge is -2.18. The molecule has 0 bridgehead atoms. The molecule has 0 aromatic heterocycles. The number of hydrogen-bond acceptors (Lipinski definition) is 5. The van der Waals surface area contributed by atoms with Crippen molar-refractivity contribution in [2.45, 2.75) is 59.2 Å². The maximum atomic E-state index is 11.2. The van der Waals surface area contributed by atoms with Gasteiger partial charge in [-0.15, -0.1) is 0 Å². The predicted molar refractivity (Wildman–Crippen MR) is 73.3 cm³/mol. The van der Waals surface area contributed by atoms with Crippen molar-refractivity contribution >= 4 is 6.16 Å². The molecular formula is C14H28O5. The molecule has 0 saturated carbocycles. The van der Waals surface area contributed by atoms with Crippen molar-refractivity contribution < 1.29 is 23.7 Å². The van der Waals surface area contributed by atoms with Gasteiger partial charge < -0.3 is 18.9 Å². The Hall–Kier alpha value is -0.810. The van der Waals surface area contributed by atoms with E-state index in [0.717, 1.165) is 19.3 Å². The molecule has 0 aliphatic rings. The van der Waals surface area contributed by atoms with E-state index in [1.807, 2.05) is 20.8 Å². The highest BCUT2D eigenvalue weighted by atomic mass is 16.7. The molecule has 19 heavy (non-hydrogen) atoms. The molecule has 114 valence electrons. The lowest BCUT2D eigenvalue weighted by Crippen LogP contribution is -2.26. The Balaban J connectivity index is 3.62. The molecular weight excluding hydrogens is 248 g/mol. The zero-order valence-electron chi connectivity index (χ0n) is 12.6. The van der Waals surface area contributed by atoms with Crippen molar-refractivity contribution in [2.24, 2.45) is 0 Å². The molecule has 0 heterocycles. The second-order valence-electron chi connectivity index (χ2n) is 4.39. The molecule has 0 amide bonds. The second kappa shape index (κ2) is 12.2. The van der Waals surface area contributed by atoms with E-state index >= 15 is 0 Å². The van der Waals surface area contributed by atoms with Crippen LogP contribution in [0.25, 0.3) is 0 Å². The third-order valence-electron chi connectivity index (χ3n) is 2.58. The summed E-state index contributed by atoms with van der Waals surface area (Å²) >= 11 is 0. The van der Waals surface area contributed by atoms with Crippen molar-refractivity contribution in [3.63, 3.8) is 0 Å². The van der Waals surface area contributed by atoms with Crippen molar-refractivity contribution in [1.82, 2.24) is 0 Å². The van der Waals surface area contributed by atoms with Crippen molar-refractivity contribution in [3.8, 4) is 0 Å². The average Bonchev–Trinajstić information content (AvgIpc) is 2.41. The number of unbranched alkanes of at least 4 members (excludes halogenated alkanes) is 1. The first kappa shape index (κ1) is 18.2. The van der Waals surface area contributed by atoms with Crippen LogP contribution in [-0.2, 0) is 18.9 Å². The molecule has 0 aliphatic carbocycles. The van der Waals surface area contributed by atoms with E-state index in [0.29, 0.717) is 19.8 Å². The quantitative estimate of drug-likeness (QED) is 0.428. The lowest BCUT2D eigenvalue weighted by atomic mass is 10.3. The van der Waals surface area contributed by atoms with E-state index in [1.54, 1.807) is 0 Å². The average molecular weight is 276 g/mol. The highest BCUT2D eigenvalue weighted by molar-refractivity contribution is 5.59. The van der Waals surface area contributed by atoms with Gasteiger partial charge in [0.25, 0.3) is 0 Å². The Morgan fingerprint density at radius 1 is 1.05 bits per heavy atom. The van der Waals surface area contributed by atoms with Crippen LogP contribution in [0.4, 0.5) is 4.79 Å². The molecule has 0 aliphatic heterocycles. The van der Waals surface area contributed by atoms with E-state index in [1.165, 1.54) is 0 Å². The largest absolute Gasteiger partial charge is 0.508 e. The van der Waals surface area contributed by atoms with Gasteiger partial charge in [-0.1, -0.05) is 20.3 Å². The van der Waals surface area contributed by atoms with Crippen molar-refractivity contribution in [1.29, 1.82) is 0 Å². The topological polar surface area (TPSA) is 54.0 Å². The third kappa shape index (κ3) is 10.8. The van der Waals surface area contributed by atoms with Gasteiger partial charge in [0.15, 0.2) is 0 Å². The number of ether oxygens (including phenoxy) is 4. The summed E-state index contributed by atoms with van der Waals surface area (Å²) in [4.78, 5) is 11.2. The second-order valence-corrected chi connectivity index (χ2v) is 4.39. The highest BCUT2D eigenvalue weighted by Crippen LogP contribution is 2.02. The Kier molecular flexibility index (Phi) is 11.7. The minimum Gasteiger partial charge on any atom is -0.434 e. The molecule has 0 saturated heterocycles. The van der Waals surface area contributed by atoms with Crippen LogP contribution in [0.15, 0.2) is 0 Å². The Morgan fingerprint density at radius 2 is 1.79 bits per heavy atom. The molecule has 0 aromatic carbocycles. The monoisotopic (exact) mass is 276 g/mol. The van der Waals surface area contributed by atoms with Gasteiger partial charge >= 0.3 is 6.16 Å². The summed E-state index contributed by atoms with van der Waals surface area (Å²) < 4.78 is 20.9. The summed E-state index contributed by atoms with van der Waals surface area (Å²) in [6.07, 6.45) is 2.06. The standard InChI is InChI=1S/C14H28O5/c1-5-8-9-17-14(15)19-10-12(4)18-11-13(6-2)16-7-3/h12-13H,5-11H2,1-4H3. The van der Waals surface area contributed by atoms with Gasteiger partial charge in [-0.05, 0) is 26.7 Å². The molecule has 0 fully saturated rings. The minimum atomic E-state index is -0.624. The van der Waals surface area contributed by atoms with Gasteiger partial charge in [0.2, 0.25) is 0 Å². The highest BCUT2D eigenvalue weighted by Gasteiger charge is 2.12. The molecule has 2 unspecified atom stereocenters. The van der Waals surface area contributed by atoms with Crippen LogP contribution >= 0.6 is 0 Å². The van der Waals surface area contributed by atoms with E-state index in [2.05, 4.69) is 6.92 Å². The Morgan fingerprint density at radius 3 is 2.37 bits per heavy atom. The fourth-order valence-corrected chi connectivity index (χ4v) is 1.37. The summed E-state index contributed by atoms with van der Waals surface area (Å²) in [5.74, 6) is 0. The molecule has 0 aromatic rings. The SMILES string of the molecule is CCCCOC(=O)OCC(C)OCC(CC)OCC. The first-order valence-electron chi connectivity index (χ1n) is 7.16. The summed E-state index contributed by atoms with van der Waals surface area (Å²) in [5.41, 5.74) is 0. The predicted octanol–water partition coefficient (Wildman–Crippen LogP) is 3.16. The zero-order chi connectivity index (χ0) is 14.5. The molecule has 0 radical (unpaired) electrons. The van der Waals surface area contributed by atoms with Gasteiger partial charge in [0.1, 0.15) is 6.61 Å². The fourth-order valence-electron chi connectivity index (χ4n) is 1.37. The number of carbonyl (C=O) groups is 1. The summed E-state index contributed by atoms with van der Waals surface area (Å²) in [6.45, 7) is 9.71. The summed E-state index contributed by atoms with van der Waals surface area (Å²) in [6, 6.07) is 0. The fraction of sp³-hybridized carbons (Fsp3) is 0.929. The molecule has 5 nitrogen and oxygen atoms in total. The van der Waals surface area contributed by atoms with Crippen LogP contribution in [0.3, 0.4) is 0 Å².